The molecule has 24 heavy (non-hydrogen) atoms. The van der Waals surface area contributed by atoms with Crippen molar-refractivity contribution in [1.29, 1.82) is 0 Å². The van der Waals surface area contributed by atoms with E-state index < -0.39 is 0 Å². The normalized spacial score (nSPS) is 12.0. The van der Waals surface area contributed by atoms with Gasteiger partial charge in [0.15, 0.2) is 0 Å². The Morgan fingerprint density at radius 2 is 2.08 bits per heavy atom. The lowest BCUT2D eigenvalue weighted by Crippen LogP contribution is -2.30. The fourth-order valence-electron chi connectivity index (χ4n) is 2.42. The fraction of sp³-hybridized carbons (Fsp3) is 0.632. The summed E-state index contributed by atoms with van der Waals surface area (Å²) in [5.41, 5.74) is 1.32. The van der Waals surface area contributed by atoms with E-state index in [4.69, 9.17) is 4.74 Å². The Bertz CT molecular complexity index is 494. The van der Waals surface area contributed by atoms with Gasteiger partial charge in [0.1, 0.15) is 5.82 Å². The van der Waals surface area contributed by atoms with Crippen LogP contribution in [0.25, 0.3) is 0 Å². The van der Waals surface area contributed by atoms with Crippen LogP contribution >= 0.6 is 0 Å². The molecular weight excluding hydrogens is 307 g/mol. The van der Waals surface area contributed by atoms with E-state index in [-0.39, 0.29) is 11.8 Å². The third kappa shape index (κ3) is 8.29. The maximum absolute atomic E-state index is 13.2. The standard InChI is InChI=1S/C19H31FN2O2/c1-4-6-8-16(5-2)14-24-12-7-11-21-19(23)22-18-13-17(20)10-9-15(18)3/h9-10,13,16H,4-8,11-12,14H2,1-3H3,(H2,21,22,23). The molecule has 0 aliphatic heterocycles. The number of urea groups is 1. The maximum atomic E-state index is 13.2. The van der Waals surface area contributed by atoms with Gasteiger partial charge in [-0.2, -0.15) is 0 Å². The van der Waals surface area contributed by atoms with E-state index in [0.717, 1.165) is 25.0 Å². The highest BCUT2D eigenvalue weighted by atomic mass is 19.1. The van der Waals surface area contributed by atoms with Gasteiger partial charge in [-0.05, 0) is 43.4 Å². The van der Waals surface area contributed by atoms with Gasteiger partial charge in [0.2, 0.25) is 0 Å². The highest BCUT2D eigenvalue weighted by molar-refractivity contribution is 5.89. The van der Waals surface area contributed by atoms with E-state index in [1.807, 2.05) is 6.92 Å². The van der Waals surface area contributed by atoms with Gasteiger partial charge in [-0.25, -0.2) is 9.18 Å². The number of aryl methyl sites for hydroxylation is 1. The number of amides is 2. The van der Waals surface area contributed by atoms with E-state index in [1.165, 1.54) is 31.4 Å². The molecule has 2 amide bonds. The molecule has 1 rings (SSSR count). The second-order valence-corrected chi connectivity index (χ2v) is 6.19. The summed E-state index contributed by atoms with van der Waals surface area (Å²) < 4.78 is 18.9. The van der Waals surface area contributed by atoms with E-state index in [0.29, 0.717) is 24.8 Å². The molecule has 0 radical (unpaired) electrons. The molecule has 0 heterocycles. The van der Waals surface area contributed by atoms with Crippen molar-refractivity contribution < 1.29 is 13.9 Å². The van der Waals surface area contributed by atoms with Gasteiger partial charge >= 0.3 is 6.03 Å². The molecule has 1 aromatic rings. The van der Waals surface area contributed by atoms with Crippen LogP contribution in [0.4, 0.5) is 14.9 Å². The van der Waals surface area contributed by atoms with Crippen molar-refractivity contribution >= 4 is 11.7 Å². The number of halogens is 1. The average Bonchev–Trinajstić information content (AvgIpc) is 2.56. The summed E-state index contributed by atoms with van der Waals surface area (Å²) >= 11 is 0. The molecule has 1 unspecified atom stereocenters. The maximum Gasteiger partial charge on any atom is 0.319 e. The molecule has 136 valence electrons. The quantitative estimate of drug-likeness (QED) is 0.565. The van der Waals surface area contributed by atoms with Crippen LogP contribution in [0.2, 0.25) is 0 Å². The topological polar surface area (TPSA) is 50.4 Å². The monoisotopic (exact) mass is 338 g/mol. The first-order valence-electron chi connectivity index (χ1n) is 8.95. The Morgan fingerprint density at radius 3 is 2.79 bits per heavy atom. The van der Waals surface area contributed by atoms with Crippen molar-refractivity contribution in [3.63, 3.8) is 0 Å². The molecule has 1 atom stereocenters. The number of nitrogens with one attached hydrogen (secondary N) is 2. The summed E-state index contributed by atoms with van der Waals surface area (Å²) in [6.07, 6.45) is 5.61. The van der Waals surface area contributed by atoms with Crippen LogP contribution in [-0.4, -0.2) is 25.8 Å². The molecule has 2 N–H and O–H groups in total. The van der Waals surface area contributed by atoms with E-state index >= 15 is 0 Å². The van der Waals surface area contributed by atoms with Gasteiger partial charge in [-0.1, -0.05) is 39.2 Å². The largest absolute Gasteiger partial charge is 0.381 e. The van der Waals surface area contributed by atoms with Crippen LogP contribution in [0.5, 0.6) is 0 Å². The molecule has 0 spiro atoms. The molecule has 0 fully saturated rings. The molecule has 0 aliphatic carbocycles. The molecule has 0 saturated heterocycles. The van der Waals surface area contributed by atoms with E-state index in [9.17, 15) is 9.18 Å². The van der Waals surface area contributed by atoms with Gasteiger partial charge in [0.05, 0.1) is 0 Å². The zero-order valence-electron chi connectivity index (χ0n) is 15.2. The zero-order valence-corrected chi connectivity index (χ0v) is 15.2. The molecular formula is C19H31FN2O2. The predicted molar refractivity (Wildman–Crippen MR) is 96.9 cm³/mol. The number of carbonyl (C=O) groups is 1. The van der Waals surface area contributed by atoms with Gasteiger partial charge in [0.25, 0.3) is 0 Å². The molecule has 5 heteroatoms. The molecule has 0 bridgehead atoms. The Labute approximate surface area is 145 Å². The van der Waals surface area contributed by atoms with Crippen molar-refractivity contribution in [2.75, 3.05) is 25.1 Å². The van der Waals surface area contributed by atoms with Crippen molar-refractivity contribution in [1.82, 2.24) is 5.32 Å². The highest BCUT2D eigenvalue weighted by Gasteiger charge is 2.07. The first-order valence-corrected chi connectivity index (χ1v) is 8.95. The minimum atomic E-state index is -0.363. The van der Waals surface area contributed by atoms with Crippen LogP contribution in [0.1, 0.15) is 51.5 Å². The number of unbranched alkanes of at least 4 members (excludes halogenated alkanes) is 1. The first-order chi connectivity index (χ1) is 11.6. The van der Waals surface area contributed by atoms with E-state index in [1.54, 1.807) is 6.07 Å². The minimum absolute atomic E-state index is 0.321. The Balaban J connectivity index is 2.14. The predicted octanol–water partition coefficient (Wildman–Crippen LogP) is 4.88. The molecule has 4 nitrogen and oxygen atoms in total. The third-order valence-corrected chi connectivity index (χ3v) is 4.10. The fourth-order valence-corrected chi connectivity index (χ4v) is 2.42. The van der Waals surface area contributed by atoms with Gasteiger partial charge in [0, 0.05) is 25.4 Å². The molecule has 0 saturated carbocycles. The second kappa shape index (κ2) is 11.8. The van der Waals surface area contributed by atoms with Crippen LogP contribution in [0.3, 0.4) is 0 Å². The summed E-state index contributed by atoms with van der Waals surface area (Å²) in [6, 6.07) is 4.01. The highest BCUT2D eigenvalue weighted by Crippen LogP contribution is 2.15. The smallest absolute Gasteiger partial charge is 0.319 e. The second-order valence-electron chi connectivity index (χ2n) is 6.19. The van der Waals surface area contributed by atoms with Crippen molar-refractivity contribution in [3.05, 3.63) is 29.6 Å². The molecule has 0 aliphatic rings. The lowest BCUT2D eigenvalue weighted by Gasteiger charge is -2.14. The van der Waals surface area contributed by atoms with Gasteiger partial charge in [-0.15, -0.1) is 0 Å². The van der Waals surface area contributed by atoms with E-state index in [2.05, 4.69) is 24.5 Å². The van der Waals surface area contributed by atoms with Crippen LogP contribution in [0.15, 0.2) is 18.2 Å². The summed E-state index contributed by atoms with van der Waals surface area (Å²) in [6.45, 7) is 8.20. The van der Waals surface area contributed by atoms with Gasteiger partial charge in [-0.3, -0.25) is 0 Å². The number of hydrogen-bond donors (Lipinski definition) is 2. The molecule has 0 aromatic heterocycles. The van der Waals surface area contributed by atoms with Crippen LogP contribution in [0, 0.1) is 18.7 Å². The number of carbonyl (C=O) groups excluding carboxylic acids is 1. The summed E-state index contributed by atoms with van der Waals surface area (Å²) in [5.74, 6) is 0.273. The number of rotatable bonds is 11. The minimum Gasteiger partial charge on any atom is -0.381 e. The first kappa shape index (κ1) is 20.4. The Hall–Kier alpha value is -1.62. The average molecular weight is 338 g/mol. The summed E-state index contributed by atoms with van der Waals surface area (Å²) in [4.78, 5) is 11.8. The lowest BCUT2D eigenvalue weighted by atomic mass is 10.0. The van der Waals surface area contributed by atoms with Crippen molar-refractivity contribution in [2.24, 2.45) is 5.92 Å². The van der Waals surface area contributed by atoms with Crippen LogP contribution in [-0.2, 0) is 4.74 Å². The zero-order chi connectivity index (χ0) is 17.8. The van der Waals surface area contributed by atoms with Crippen molar-refractivity contribution in [3.8, 4) is 0 Å². The van der Waals surface area contributed by atoms with Crippen molar-refractivity contribution in [2.45, 2.75) is 52.9 Å². The summed E-state index contributed by atoms with van der Waals surface area (Å²) in [5, 5.41) is 5.42. The number of benzene rings is 1. The SMILES string of the molecule is CCCCC(CC)COCCCNC(=O)Nc1cc(F)ccc1C. The number of ether oxygens (including phenoxy) is 1. The lowest BCUT2D eigenvalue weighted by molar-refractivity contribution is 0.0925. The Morgan fingerprint density at radius 1 is 1.29 bits per heavy atom. The summed E-state index contributed by atoms with van der Waals surface area (Å²) in [7, 11) is 0. The number of anilines is 1. The van der Waals surface area contributed by atoms with Gasteiger partial charge < -0.3 is 15.4 Å². The van der Waals surface area contributed by atoms with Crippen LogP contribution < -0.4 is 10.6 Å². The number of hydrogen-bond acceptors (Lipinski definition) is 2. The molecule has 1 aromatic carbocycles. The third-order valence-electron chi connectivity index (χ3n) is 4.10. The Kier molecular flexibility index (Phi) is 10.1.